The molecule has 0 aliphatic rings. The van der Waals surface area contributed by atoms with E-state index in [-0.39, 0.29) is 0 Å². The lowest BCUT2D eigenvalue weighted by Crippen LogP contribution is -1.99. The van der Waals surface area contributed by atoms with Crippen molar-refractivity contribution in [3.8, 4) is 45.3 Å². The van der Waals surface area contributed by atoms with Crippen molar-refractivity contribution in [2.45, 2.75) is 0 Å². The second-order valence-corrected chi connectivity index (χ2v) is 13.7. The molecule has 5 heteroatoms. The highest BCUT2D eigenvalue weighted by atomic mass is 15.0. The molecule has 11 rings (SSSR count). The summed E-state index contributed by atoms with van der Waals surface area (Å²) in [5, 5.41) is 5.75. The van der Waals surface area contributed by atoms with Crippen molar-refractivity contribution in [2.24, 2.45) is 0 Å². The van der Waals surface area contributed by atoms with Gasteiger partial charge < -0.3 is 9.13 Å². The van der Waals surface area contributed by atoms with Crippen molar-refractivity contribution in [2.75, 3.05) is 0 Å². The van der Waals surface area contributed by atoms with Crippen LogP contribution in [-0.4, -0.2) is 24.1 Å². The molecule has 0 N–H and O–H groups in total. The predicted octanol–water partition coefficient (Wildman–Crippen LogP) is 12.2. The largest absolute Gasteiger partial charge is 0.308 e. The second kappa shape index (κ2) is 12.1. The molecule has 252 valence electrons. The number of hydrogen-bond acceptors (Lipinski definition) is 3. The lowest BCUT2D eigenvalue weighted by Gasteiger charge is -2.13. The second-order valence-electron chi connectivity index (χ2n) is 13.7. The summed E-state index contributed by atoms with van der Waals surface area (Å²) in [5.41, 5.74) is 12.4. The maximum atomic E-state index is 5.26. The smallest absolute Gasteiger partial charge is 0.160 e. The zero-order valence-electron chi connectivity index (χ0n) is 29.1. The zero-order valence-corrected chi connectivity index (χ0v) is 29.1. The van der Waals surface area contributed by atoms with Crippen molar-refractivity contribution in [3.63, 3.8) is 0 Å². The van der Waals surface area contributed by atoms with Crippen molar-refractivity contribution in [1.82, 2.24) is 24.1 Å². The molecule has 4 aromatic heterocycles. The minimum Gasteiger partial charge on any atom is -0.308 e. The molecular formula is C49H31N5. The van der Waals surface area contributed by atoms with Crippen LogP contribution in [0.2, 0.25) is 0 Å². The molecule has 0 fully saturated rings. The van der Waals surface area contributed by atoms with Crippen LogP contribution in [0.3, 0.4) is 0 Å². The summed E-state index contributed by atoms with van der Waals surface area (Å²) in [6.45, 7) is 0. The molecule has 0 unspecified atom stereocenters. The van der Waals surface area contributed by atoms with Gasteiger partial charge in [0.25, 0.3) is 0 Å². The molecule has 0 saturated carbocycles. The Hall–Kier alpha value is -7.37. The van der Waals surface area contributed by atoms with E-state index in [1.54, 1.807) is 0 Å². The third kappa shape index (κ3) is 4.69. The van der Waals surface area contributed by atoms with Gasteiger partial charge in [0, 0.05) is 61.2 Å². The van der Waals surface area contributed by atoms with Crippen LogP contribution in [-0.2, 0) is 0 Å². The first-order valence-corrected chi connectivity index (χ1v) is 18.2. The number of pyridine rings is 1. The van der Waals surface area contributed by atoms with Gasteiger partial charge in [-0.3, -0.25) is 4.98 Å². The number of benzene rings is 7. The molecule has 0 saturated heterocycles. The molecule has 4 heterocycles. The number of rotatable bonds is 5. The Morgan fingerprint density at radius 1 is 0.352 bits per heavy atom. The summed E-state index contributed by atoms with van der Waals surface area (Å²) in [6, 6.07) is 63.8. The van der Waals surface area contributed by atoms with Crippen LogP contribution in [0.25, 0.3) is 99.8 Å². The standard InChI is InChI=1S/C49H31N5/c1-4-15-32(16-5-1)42-30-43(33-17-6-2-7-18-33)52-49(51-42)34-19-14-22-36(29-34)54-45-26-13-11-24-38(45)41-31-50-46-40(47(41)54)28-27-39-37-23-10-12-25-44(37)53(48(39)46)35-20-8-3-9-21-35/h1-31H. The Balaban J connectivity index is 1.18. The highest BCUT2D eigenvalue weighted by Crippen LogP contribution is 2.41. The number of para-hydroxylation sites is 3. The molecule has 0 spiro atoms. The molecule has 0 atom stereocenters. The van der Waals surface area contributed by atoms with Gasteiger partial charge in [-0.05, 0) is 48.5 Å². The molecule has 0 aliphatic carbocycles. The summed E-state index contributed by atoms with van der Waals surface area (Å²) in [4.78, 5) is 15.6. The summed E-state index contributed by atoms with van der Waals surface area (Å²) in [6.07, 6.45) is 2.06. The minimum atomic E-state index is 0.679. The molecule has 0 bridgehead atoms. The average molecular weight is 690 g/mol. The van der Waals surface area contributed by atoms with E-state index >= 15 is 0 Å². The first-order valence-electron chi connectivity index (χ1n) is 18.2. The van der Waals surface area contributed by atoms with E-state index in [4.69, 9.17) is 15.0 Å². The van der Waals surface area contributed by atoms with Gasteiger partial charge in [0.2, 0.25) is 0 Å². The average Bonchev–Trinajstić information content (AvgIpc) is 3.78. The van der Waals surface area contributed by atoms with Gasteiger partial charge in [-0.25, -0.2) is 9.97 Å². The Morgan fingerprint density at radius 2 is 0.870 bits per heavy atom. The minimum absolute atomic E-state index is 0.679. The number of fused-ring (bicyclic) bond motifs is 9. The predicted molar refractivity (Wildman–Crippen MR) is 222 cm³/mol. The Labute approximate surface area is 311 Å². The number of hydrogen-bond donors (Lipinski definition) is 0. The van der Waals surface area contributed by atoms with Crippen molar-refractivity contribution >= 4 is 54.5 Å². The maximum Gasteiger partial charge on any atom is 0.160 e. The van der Waals surface area contributed by atoms with E-state index in [1.165, 1.54) is 10.8 Å². The summed E-state index contributed by atoms with van der Waals surface area (Å²) < 4.78 is 4.75. The lowest BCUT2D eigenvalue weighted by atomic mass is 10.1. The monoisotopic (exact) mass is 689 g/mol. The van der Waals surface area contributed by atoms with E-state index in [0.717, 1.165) is 83.2 Å². The molecule has 0 aliphatic heterocycles. The van der Waals surface area contributed by atoms with Crippen LogP contribution in [0.4, 0.5) is 0 Å². The van der Waals surface area contributed by atoms with Crippen molar-refractivity contribution in [1.29, 1.82) is 0 Å². The van der Waals surface area contributed by atoms with Gasteiger partial charge in [0.05, 0.1) is 39.0 Å². The van der Waals surface area contributed by atoms with E-state index in [0.29, 0.717) is 5.82 Å². The SMILES string of the molecule is c1ccc(-c2cc(-c3ccccc3)nc(-c3cccc(-n4c5ccccc5c5cnc6c(ccc7c8ccccc8n(-c8ccccc8)c76)c54)c3)n2)cc1. The summed E-state index contributed by atoms with van der Waals surface area (Å²) in [7, 11) is 0. The van der Waals surface area contributed by atoms with Crippen LogP contribution < -0.4 is 0 Å². The molecular weight excluding hydrogens is 659 g/mol. The van der Waals surface area contributed by atoms with Gasteiger partial charge in [0.1, 0.15) is 0 Å². The van der Waals surface area contributed by atoms with Gasteiger partial charge in [-0.15, -0.1) is 0 Å². The quantitative estimate of drug-likeness (QED) is 0.181. The summed E-state index contributed by atoms with van der Waals surface area (Å²) in [5.74, 6) is 0.679. The zero-order chi connectivity index (χ0) is 35.6. The summed E-state index contributed by atoms with van der Waals surface area (Å²) >= 11 is 0. The van der Waals surface area contributed by atoms with E-state index in [2.05, 4.69) is 185 Å². The van der Waals surface area contributed by atoms with Gasteiger partial charge >= 0.3 is 0 Å². The van der Waals surface area contributed by atoms with Gasteiger partial charge in [0.15, 0.2) is 5.82 Å². The Bertz CT molecular complexity index is 3140. The Morgan fingerprint density at radius 3 is 1.54 bits per heavy atom. The molecule has 7 aromatic carbocycles. The first-order chi connectivity index (χ1) is 26.8. The van der Waals surface area contributed by atoms with Gasteiger partial charge in [-0.2, -0.15) is 0 Å². The molecule has 0 amide bonds. The first kappa shape index (κ1) is 30.3. The third-order valence-corrected chi connectivity index (χ3v) is 10.5. The number of aromatic nitrogens is 5. The van der Waals surface area contributed by atoms with E-state index < -0.39 is 0 Å². The fraction of sp³-hybridized carbons (Fsp3) is 0. The van der Waals surface area contributed by atoms with Gasteiger partial charge in [-0.1, -0.05) is 133 Å². The molecule has 11 aromatic rings. The normalized spacial score (nSPS) is 11.7. The third-order valence-electron chi connectivity index (χ3n) is 10.5. The fourth-order valence-electron chi connectivity index (χ4n) is 8.14. The molecule has 0 radical (unpaired) electrons. The molecule has 54 heavy (non-hydrogen) atoms. The highest BCUT2D eigenvalue weighted by molar-refractivity contribution is 6.24. The van der Waals surface area contributed by atoms with Crippen LogP contribution in [0.5, 0.6) is 0 Å². The Kier molecular flexibility index (Phi) is 6.79. The van der Waals surface area contributed by atoms with Crippen LogP contribution in [0.1, 0.15) is 0 Å². The molecule has 5 nitrogen and oxygen atoms in total. The van der Waals surface area contributed by atoms with Crippen LogP contribution >= 0.6 is 0 Å². The van der Waals surface area contributed by atoms with Crippen LogP contribution in [0.15, 0.2) is 188 Å². The van der Waals surface area contributed by atoms with E-state index in [1.807, 2.05) is 12.1 Å². The van der Waals surface area contributed by atoms with Crippen LogP contribution in [0, 0.1) is 0 Å². The fourth-order valence-corrected chi connectivity index (χ4v) is 8.14. The number of nitrogens with zero attached hydrogens (tertiary/aromatic N) is 5. The topological polar surface area (TPSA) is 48.5 Å². The maximum absolute atomic E-state index is 5.26. The van der Waals surface area contributed by atoms with Crippen molar-refractivity contribution in [3.05, 3.63) is 188 Å². The van der Waals surface area contributed by atoms with E-state index in [9.17, 15) is 0 Å². The lowest BCUT2D eigenvalue weighted by molar-refractivity contribution is 1.16. The van der Waals surface area contributed by atoms with Crippen molar-refractivity contribution < 1.29 is 0 Å². The highest BCUT2D eigenvalue weighted by Gasteiger charge is 2.21.